The zero-order valence-electron chi connectivity index (χ0n) is 34.2. The molecule has 0 aliphatic carbocycles. The number of nitrogens with one attached hydrogen (secondary N) is 4. The summed E-state index contributed by atoms with van der Waals surface area (Å²) in [6.45, 7) is 4.96. The summed E-state index contributed by atoms with van der Waals surface area (Å²) in [7, 11) is -0.965. The lowest BCUT2D eigenvalue weighted by molar-refractivity contribution is -0.136. The smallest absolute Gasteiger partial charge is 0.263 e. The van der Waals surface area contributed by atoms with E-state index in [1.807, 2.05) is 42.5 Å². The van der Waals surface area contributed by atoms with E-state index in [2.05, 4.69) is 36.1 Å². The molecule has 3 aliphatic rings. The van der Waals surface area contributed by atoms with Crippen molar-refractivity contribution >= 4 is 94.2 Å². The molecule has 0 spiro atoms. The van der Waals surface area contributed by atoms with Crippen LogP contribution < -0.4 is 36.2 Å². The summed E-state index contributed by atoms with van der Waals surface area (Å²) in [6.07, 6.45) is 6.09. The Kier molecular flexibility index (Phi) is 13.7. The summed E-state index contributed by atoms with van der Waals surface area (Å²) < 4.78 is 18.6. The number of imide groups is 2. The number of benzene rings is 3. The van der Waals surface area contributed by atoms with Crippen LogP contribution in [-0.2, 0) is 18.9 Å². The van der Waals surface area contributed by atoms with Crippen LogP contribution >= 0.6 is 30.5 Å². The standard InChI is InChI=1S/C43H48ClN8O7PS/c1-59-33-24-27(15-16-30(33)48-43-45-25-29(44)39(50-43)47-31-11-6-7-12-34(31)60(2,3)58)51-21-19-26(20-22-51)46-36(53)14-5-4-8-23-61-35-13-9-10-28-38(35)42(57)52(41(28)56)32-17-18-37(54)49-40(32)55/h6-7,9-13,15-16,24-26,32H,4-5,8,14,17-23H2,1-3H3,(H,46,53)(H,49,54,55)(H2,45,47,48,50). The predicted molar refractivity (Wildman–Crippen MR) is 238 cm³/mol. The number of fused-ring (bicyclic) bond motifs is 1. The van der Waals surface area contributed by atoms with Gasteiger partial charge < -0.3 is 30.2 Å². The third-order valence-corrected chi connectivity index (χ3v) is 13.8. The highest BCUT2D eigenvalue weighted by atomic mass is 35.5. The molecule has 4 aromatic rings. The molecule has 7 rings (SSSR count). The molecule has 15 nitrogen and oxygen atoms in total. The van der Waals surface area contributed by atoms with Crippen molar-refractivity contribution in [1.82, 2.24) is 25.5 Å². The van der Waals surface area contributed by atoms with Crippen molar-refractivity contribution in [2.24, 2.45) is 0 Å². The van der Waals surface area contributed by atoms with Crippen molar-refractivity contribution in [2.45, 2.75) is 68.3 Å². The van der Waals surface area contributed by atoms with E-state index in [4.69, 9.17) is 16.3 Å². The van der Waals surface area contributed by atoms with Crippen molar-refractivity contribution in [3.05, 3.63) is 83.0 Å². The van der Waals surface area contributed by atoms with Gasteiger partial charge in [-0.1, -0.05) is 36.2 Å². The fraction of sp³-hybridized carbons (Fsp3) is 0.372. The van der Waals surface area contributed by atoms with Gasteiger partial charge in [-0.05, 0) is 87.6 Å². The van der Waals surface area contributed by atoms with Gasteiger partial charge in [0.2, 0.25) is 23.7 Å². The minimum Gasteiger partial charge on any atom is -0.494 e. The number of ether oxygens (including phenoxy) is 1. The lowest BCUT2D eigenvalue weighted by Crippen LogP contribution is -2.54. The zero-order chi connectivity index (χ0) is 43.3. The minimum atomic E-state index is -2.57. The third-order valence-electron chi connectivity index (χ3n) is 10.9. The first kappa shape index (κ1) is 43.6. The summed E-state index contributed by atoms with van der Waals surface area (Å²) in [5.74, 6) is -0.0548. The van der Waals surface area contributed by atoms with Gasteiger partial charge in [-0.25, -0.2) is 4.98 Å². The van der Waals surface area contributed by atoms with E-state index < -0.39 is 36.8 Å². The third kappa shape index (κ3) is 10.2. The van der Waals surface area contributed by atoms with Gasteiger partial charge in [0, 0.05) is 53.9 Å². The van der Waals surface area contributed by atoms with E-state index in [1.165, 1.54) is 18.0 Å². The molecule has 2 saturated heterocycles. The molecule has 1 aromatic heterocycles. The lowest BCUT2D eigenvalue weighted by atomic mass is 10.0. The van der Waals surface area contributed by atoms with Crippen molar-refractivity contribution in [3.63, 3.8) is 0 Å². The number of hydrogen-bond acceptors (Lipinski definition) is 13. The van der Waals surface area contributed by atoms with Crippen molar-refractivity contribution < 1.29 is 33.3 Å². The van der Waals surface area contributed by atoms with Gasteiger partial charge in [0.05, 0.1) is 35.8 Å². The number of anilines is 5. The molecule has 3 aliphatic heterocycles. The van der Waals surface area contributed by atoms with Crippen LogP contribution in [-0.4, -0.2) is 95.8 Å². The van der Waals surface area contributed by atoms with Crippen LogP contribution in [0.5, 0.6) is 5.75 Å². The summed E-state index contributed by atoms with van der Waals surface area (Å²) >= 11 is 7.93. The summed E-state index contributed by atoms with van der Waals surface area (Å²) in [5.41, 5.74) is 2.90. The fourth-order valence-electron chi connectivity index (χ4n) is 7.72. The predicted octanol–water partition coefficient (Wildman–Crippen LogP) is 6.71. The maximum Gasteiger partial charge on any atom is 0.263 e. The topological polar surface area (TPSA) is 192 Å². The number of thioether (sulfide) groups is 1. The summed E-state index contributed by atoms with van der Waals surface area (Å²) in [5, 5.41) is 12.9. The Morgan fingerprint density at radius 2 is 1.74 bits per heavy atom. The number of halogens is 1. The van der Waals surface area contributed by atoms with E-state index in [9.17, 15) is 28.5 Å². The highest BCUT2D eigenvalue weighted by Crippen LogP contribution is 2.39. The van der Waals surface area contributed by atoms with Gasteiger partial charge in [-0.15, -0.1) is 11.8 Å². The van der Waals surface area contributed by atoms with Gasteiger partial charge >= 0.3 is 0 Å². The Bertz CT molecular complexity index is 2410. The second kappa shape index (κ2) is 19.1. The molecule has 1 atom stereocenters. The van der Waals surface area contributed by atoms with E-state index in [0.717, 1.165) is 55.8 Å². The zero-order valence-corrected chi connectivity index (χ0v) is 36.6. The number of unbranched alkanes of at least 4 members (excludes halogenated alkanes) is 2. The molecule has 4 N–H and O–H groups in total. The molecule has 0 saturated carbocycles. The number of amides is 5. The molecule has 1 unspecified atom stereocenters. The number of methoxy groups -OCH3 is 1. The van der Waals surface area contributed by atoms with Crippen LogP contribution in [0.3, 0.4) is 0 Å². The number of nitrogens with zero attached hydrogens (tertiary/aromatic N) is 4. The maximum atomic E-state index is 13.4. The Balaban J connectivity index is 0.840. The number of piperidine rings is 2. The molecule has 61 heavy (non-hydrogen) atoms. The fourth-order valence-corrected chi connectivity index (χ4v) is 10.1. The van der Waals surface area contributed by atoms with Gasteiger partial charge in [0.15, 0.2) is 5.82 Å². The number of carbonyl (C=O) groups excluding carboxylic acids is 5. The molecular formula is C43H48ClN8O7PS. The Hall–Kier alpha value is -5.44. The van der Waals surface area contributed by atoms with Gasteiger partial charge in [-0.2, -0.15) is 4.98 Å². The molecule has 2 fully saturated rings. The van der Waals surface area contributed by atoms with Crippen LogP contribution in [0.1, 0.15) is 72.1 Å². The molecule has 3 aromatic carbocycles. The van der Waals surface area contributed by atoms with E-state index in [0.29, 0.717) is 61.9 Å². The molecule has 4 heterocycles. The van der Waals surface area contributed by atoms with Gasteiger partial charge in [0.1, 0.15) is 24.0 Å². The van der Waals surface area contributed by atoms with E-state index >= 15 is 0 Å². The molecule has 5 amide bonds. The van der Waals surface area contributed by atoms with Crippen molar-refractivity contribution in [2.75, 3.05) is 54.8 Å². The Morgan fingerprint density at radius 1 is 0.951 bits per heavy atom. The normalized spacial score (nSPS) is 17.0. The van der Waals surface area contributed by atoms with Crippen LogP contribution in [0.25, 0.3) is 0 Å². The SMILES string of the molecule is COc1cc(N2CCC(NC(=O)CCCCCSc3cccc4c3C(=O)N(C3CCC(=O)NC3=O)C4=O)CC2)ccc1Nc1ncc(Cl)c(Nc2ccccc2P(C)(C)=O)n1. The van der Waals surface area contributed by atoms with Crippen LogP contribution in [0.15, 0.2) is 71.8 Å². The second-order valence-corrected chi connectivity index (χ2v) is 20.2. The monoisotopic (exact) mass is 886 g/mol. The quantitative estimate of drug-likeness (QED) is 0.0402. The largest absolute Gasteiger partial charge is 0.494 e. The average Bonchev–Trinajstić information content (AvgIpc) is 3.49. The number of hydrogen-bond donors (Lipinski definition) is 4. The number of carbonyl (C=O) groups is 5. The van der Waals surface area contributed by atoms with E-state index in [1.54, 1.807) is 38.6 Å². The first-order valence-electron chi connectivity index (χ1n) is 20.2. The molecule has 0 radical (unpaired) electrons. The van der Waals surface area contributed by atoms with Gasteiger partial charge in [0.25, 0.3) is 11.8 Å². The average molecular weight is 887 g/mol. The molecular weight excluding hydrogens is 839 g/mol. The summed E-state index contributed by atoms with van der Waals surface area (Å²) in [4.78, 5) is 76.3. The summed E-state index contributed by atoms with van der Waals surface area (Å²) in [6, 6.07) is 17.5. The maximum absolute atomic E-state index is 13.4. The molecule has 18 heteroatoms. The van der Waals surface area contributed by atoms with Crippen molar-refractivity contribution in [3.8, 4) is 5.75 Å². The van der Waals surface area contributed by atoms with E-state index in [-0.39, 0.29) is 30.4 Å². The van der Waals surface area contributed by atoms with Crippen molar-refractivity contribution in [1.29, 1.82) is 0 Å². The number of rotatable bonds is 16. The first-order chi connectivity index (χ1) is 29.3. The van der Waals surface area contributed by atoms with Crippen LogP contribution in [0.2, 0.25) is 5.02 Å². The highest BCUT2D eigenvalue weighted by molar-refractivity contribution is 7.99. The Labute approximate surface area is 363 Å². The minimum absolute atomic E-state index is 0.0319. The molecule has 0 bridgehead atoms. The highest BCUT2D eigenvalue weighted by Gasteiger charge is 2.45. The molecule has 320 valence electrons. The lowest BCUT2D eigenvalue weighted by Gasteiger charge is -2.34. The first-order valence-corrected chi connectivity index (χ1v) is 24.2. The number of para-hydroxylation sites is 1. The second-order valence-electron chi connectivity index (χ2n) is 15.5. The number of aromatic nitrogens is 2. The van der Waals surface area contributed by atoms with Gasteiger partial charge in [-0.3, -0.25) is 34.2 Å². The Morgan fingerprint density at radius 3 is 2.49 bits per heavy atom. The van der Waals surface area contributed by atoms with Crippen LogP contribution in [0, 0.1) is 0 Å². The van der Waals surface area contributed by atoms with Crippen LogP contribution in [0.4, 0.5) is 28.8 Å².